The van der Waals surface area contributed by atoms with Gasteiger partial charge in [0.25, 0.3) is 11.8 Å². The predicted molar refractivity (Wildman–Crippen MR) is 181 cm³/mol. The van der Waals surface area contributed by atoms with Crippen LogP contribution in [0.2, 0.25) is 18.6 Å². The van der Waals surface area contributed by atoms with Crippen LogP contribution in [0.3, 0.4) is 0 Å². The van der Waals surface area contributed by atoms with E-state index < -0.39 is 31.5 Å². The van der Waals surface area contributed by atoms with E-state index in [4.69, 9.17) is 14.2 Å². The number of benzene rings is 2. The number of amides is 3. The van der Waals surface area contributed by atoms with Crippen LogP contribution in [-0.4, -0.2) is 92.9 Å². The second-order valence-electron chi connectivity index (χ2n) is 13.5. The summed E-state index contributed by atoms with van der Waals surface area (Å²) in [4.78, 5) is 68.2. The quantitative estimate of drug-likeness (QED) is 0.172. The molecular formula is C35H47N3O9Si. The van der Waals surface area contributed by atoms with Gasteiger partial charge >= 0.3 is 5.97 Å². The molecule has 3 heterocycles. The van der Waals surface area contributed by atoms with E-state index in [2.05, 4.69) is 5.32 Å². The largest absolute Gasteiger partial charge is 0.497 e. The first kappa shape index (κ1) is 35.5. The standard InChI is InChI=1S/C35H47N3O9Si/c1-22-32(48(4,5)44)29(20-30(40)37-18-8-9-25(37)21-39)47-35(22)27-19-24(36-33(42)23-11-14-26(45-2)15-12-23)13-16-28(27)38(34(35)43)17-7-6-10-31(41)46-3/h11-16,19,22,25,29,32,39,44H,6-10,17-18,20-21H2,1-5H3,(H,36,42)/t22-,25-,29+,32-,35+/m0/s1. The van der Waals surface area contributed by atoms with E-state index in [1.165, 1.54) is 7.11 Å². The van der Waals surface area contributed by atoms with E-state index >= 15 is 0 Å². The summed E-state index contributed by atoms with van der Waals surface area (Å²) >= 11 is 0. The van der Waals surface area contributed by atoms with Gasteiger partial charge < -0.3 is 39.2 Å². The maximum absolute atomic E-state index is 14.7. The van der Waals surface area contributed by atoms with E-state index in [-0.39, 0.29) is 49.2 Å². The second kappa shape index (κ2) is 14.4. The molecule has 48 heavy (non-hydrogen) atoms. The molecule has 5 atom stereocenters. The molecule has 3 aliphatic rings. The lowest BCUT2D eigenvalue weighted by Gasteiger charge is -2.33. The van der Waals surface area contributed by atoms with Crippen LogP contribution in [0.15, 0.2) is 42.5 Å². The molecule has 12 nitrogen and oxygen atoms in total. The Morgan fingerprint density at radius 1 is 1.10 bits per heavy atom. The number of unbranched alkanes of at least 4 members (excludes halogenated alkanes) is 1. The number of hydrogen-bond donors (Lipinski definition) is 3. The van der Waals surface area contributed by atoms with Crippen LogP contribution in [0.1, 0.15) is 61.4 Å². The van der Waals surface area contributed by atoms with E-state index in [0.717, 1.165) is 12.8 Å². The average molecular weight is 682 g/mol. The Morgan fingerprint density at radius 2 is 1.83 bits per heavy atom. The fourth-order valence-electron chi connectivity index (χ4n) is 7.81. The van der Waals surface area contributed by atoms with Crippen molar-refractivity contribution in [3.63, 3.8) is 0 Å². The minimum absolute atomic E-state index is 0.0279. The number of likely N-dealkylation sites (tertiary alicyclic amines) is 1. The Morgan fingerprint density at radius 3 is 2.48 bits per heavy atom. The van der Waals surface area contributed by atoms with Gasteiger partial charge in [0, 0.05) is 47.8 Å². The first-order valence-electron chi connectivity index (χ1n) is 16.6. The van der Waals surface area contributed by atoms with Gasteiger partial charge in [-0.3, -0.25) is 19.2 Å². The van der Waals surface area contributed by atoms with E-state index in [0.29, 0.717) is 54.2 Å². The lowest BCUT2D eigenvalue weighted by molar-refractivity contribution is -0.150. The highest BCUT2D eigenvalue weighted by Crippen LogP contribution is 2.60. The summed E-state index contributed by atoms with van der Waals surface area (Å²) in [6.45, 7) is 6.24. The molecule has 0 bridgehead atoms. The molecule has 3 aliphatic heterocycles. The number of aliphatic hydroxyl groups is 1. The van der Waals surface area contributed by atoms with E-state index in [1.807, 2.05) is 6.92 Å². The number of hydrogen-bond acceptors (Lipinski definition) is 9. The summed E-state index contributed by atoms with van der Waals surface area (Å²) < 4.78 is 16.8. The molecular weight excluding hydrogens is 634 g/mol. The number of carbonyl (C=O) groups excluding carboxylic acids is 4. The average Bonchev–Trinajstić information content (AvgIpc) is 3.72. The molecule has 2 fully saturated rings. The van der Waals surface area contributed by atoms with Crippen molar-refractivity contribution in [2.75, 3.05) is 44.1 Å². The Bertz CT molecular complexity index is 1530. The van der Waals surface area contributed by atoms with Gasteiger partial charge in [-0.15, -0.1) is 0 Å². The van der Waals surface area contributed by atoms with Gasteiger partial charge in [-0.1, -0.05) is 6.92 Å². The number of methoxy groups -OCH3 is 2. The number of carbonyl (C=O) groups is 4. The number of nitrogens with one attached hydrogen (secondary N) is 1. The molecule has 3 amide bonds. The molecule has 0 saturated carbocycles. The predicted octanol–water partition coefficient (Wildman–Crippen LogP) is 3.81. The number of fused-ring (bicyclic) bond motifs is 2. The Labute approximate surface area is 282 Å². The number of ether oxygens (including phenoxy) is 3. The van der Waals surface area contributed by atoms with Crippen LogP contribution in [0.25, 0.3) is 0 Å². The van der Waals surface area contributed by atoms with Crippen LogP contribution in [-0.2, 0) is 29.5 Å². The van der Waals surface area contributed by atoms with Crippen molar-refractivity contribution in [1.82, 2.24) is 4.90 Å². The number of esters is 1. The summed E-state index contributed by atoms with van der Waals surface area (Å²) in [6, 6.07) is 11.7. The van der Waals surface area contributed by atoms with Crippen LogP contribution >= 0.6 is 0 Å². The third-order valence-corrected chi connectivity index (χ3v) is 12.6. The summed E-state index contributed by atoms with van der Waals surface area (Å²) in [6.07, 6.45) is 2.02. The fraction of sp³-hybridized carbons (Fsp3) is 0.543. The summed E-state index contributed by atoms with van der Waals surface area (Å²) in [7, 11) is -0.144. The van der Waals surface area contributed by atoms with Gasteiger partial charge in [-0.2, -0.15) is 0 Å². The minimum atomic E-state index is -3.04. The van der Waals surface area contributed by atoms with E-state index in [9.17, 15) is 29.1 Å². The zero-order valence-corrected chi connectivity index (χ0v) is 29.4. The SMILES string of the molecule is COC(=O)CCCCN1C(=O)[C@]2(O[C@H](CC(=O)N3CCC[C@H]3CO)[C@@H]([Si](C)(C)O)[C@@H]2C)c2cc(NC(=O)c3ccc(OC)cc3)ccc21. The molecule has 0 aromatic heterocycles. The Balaban J connectivity index is 1.50. The molecule has 1 spiro atoms. The molecule has 5 rings (SSSR count). The van der Waals surface area contributed by atoms with Gasteiger partial charge in [0.05, 0.1) is 45.1 Å². The van der Waals surface area contributed by atoms with Crippen LogP contribution < -0.4 is 15.0 Å². The first-order valence-corrected chi connectivity index (χ1v) is 19.7. The van der Waals surface area contributed by atoms with Crippen molar-refractivity contribution in [1.29, 1.82) is 0 Å². The van der Waals surface area contributed by atoms with E-state index in [1.54, 1.807) is 72.5 Å². The van der Waals surface area contributed by atoms with Gasteiger partial charge in [-0.25, -0.2) is 0 Å². The maximum Gasteiger partial charge on any atom is 0.305 e. The Hall–Kier alpha value is -3.78. The molecule has 3 N–H and O–H groups in total. The zero-order valence-electron chi connectivity index (χ0n) is 28.4. The number of anilines is 2. The molecule has 2 aromatic carbocycles. The molecule has 0 radical (unpaired) electrons. The Kier molecular flexibility index (Phi) is 10.6. The van der Waals surface area contributed by atoms with Crippen LogP contribution in [0.4, 0.5) is 11.4 Å². The highest BCUT2D eigenvalue weighted by Gasteiger charge is 2.66. The van der Waals surface area contributed by atoms with Gasteiger partial charge in [0.15, 0.2) is 13.9 Å². The van der Waals surface area contributed by atoms with Crippen molar-refractivity contribution in [2.45, 2.75) is 81.8 Å². The number of nitrogens with zero attached hydrogens (tertiary/aromatic N) is 2. The molecule has 2 aromatic rings. The van der Waals surface area contributed by atoms with Crippen LogP contribution in [0.5, 0.6) is 5.75 Å². The number of aliphatic hydroxyl groups excluding tert-OH is 1. The van der Waals surface area contributed by atoms with Gasteiger partial charge in [0.1, 0.15) is 5.75 Å². The van der Waals surface area contributed by atoms with Crippen molar-refractivity contribution >= 4 is 43.4 Å². The monoisotopic (exact) mass is 681 g/mol. The summed E-state index contributed by atoms with van der Waals surface area (Å²) in [5, 5.41) is 12.8. The topological polar surface area (TPSA) is 155 Å². The van der Waals surface area contributed by atoms with Gasteiger partial charge in [0.2, 0.25) is 5.91 Å². The van der Waals surface area contributed by atoms with Crippen molar-refractivity contribution in [3.8, 4) is 5.75 Å². The zero-order chi connectivity index (χ0) is 34.8. The van der Waals surface area contributed by atoms with Crippen molar-refractivity contribution < 1.29 is 43.3 Å². The maximum atomic E-state index is 14.7. The molecule has 0 unspecified atom stereocenters. The molecule has 260 valence electrons. The molecule has 13 heteroatoms. The third kappa shape index (κ3) is 6.73. The molecule has 0 aliphatic carbocycles. The lowest BCUT2D eigenvalue weighted by Crippen LogP contribution is -2.46. The summed E-state index contributed by atoms with van der Waals surface area (Å²) in [5.74, 6) is -1.02. The highest BCUT2D eigenvalue weighted by molar-refractivity contribution is 6.71. The van der Waals surface area contributed by atoms with Crippen molar-refractivity contribution in [3.05, 3.63) is 53.6 Å². The number of rotatable bonds is 12. The highest BCUT2D eigenvalue weighted by atomic mass is 28.4. The first-order chi connectivity index (χ1) is 22.8. The van der Waals surface area contributed by atoms with Crippen molar-refractivity contribution in [2.24, 2.45) is 5.92 Å². The second-order valence-corrected chi connectivity index (χ2v) is 17.5. The van der Waals surface area contributed by atoms with Crippen LogP contribution in [0, 0.1) is 5.92 Å². The van der Waals surface area contributed by atoms with Gasteiger partial charge in [-0.05, 0) is 81.2 Å². The smallest absolute Gasteiger partial charge is 0.305 e. The summed E-state index contributed by atoms with van der Waals surface area (Å²) in [5.41, 5.74) is 0.0931. The fourth-order valence-corrected chi connectivity index (χ4v) is 10.4. The third-order valence-electron chi connectivity index (χ3n) is 10.1. The minimum Gasteiger partial charge on any atom is -0.497 e. The molecule has 2 saturated heterocycles. The lowest BCUT2D eigenvalue weighted by atomic mass is 9.82. The normalized spacial score (nSPS) is 25.0.